The van der Waals surface area contributed by atoms with Crippen molar-refractivity contribution in [2.24, 2.45) is 5.92 Å². The van der Waals surface area contributed by atoms with Crippen LogP contribution in [0.25, 0.3) is 11.0 Å². The molecule has 0 radical (unpaired) electrons. The van der Waals surface area contributed by atoms with E-state index in [0.29, 0.717) is 17.0 Å². The topological polar surface area (TPSA) is 68.3 Å². The highest BCUT2D eigenvalue weighted by atomic mass is 16.3. The molecular weight excluding hydrogens is 228 g/mol. The van der Waals surface area contributed by atoms with Crippen molar-refractivity contribution in [2.75, 3.05) is 12.3 Å². The molecular formula is C14H16N2O2. The van der Waals surface area contributed by atoms with E-state index in [-0.39, 0.29) is 5.91 Å². The number of anilines is 1. The summed E-state index contributed by atoms with van der Waals surface area (Å²) in [5.41, 5.74) is 7.05. The van der Waals surface area contributed by atoms with Crippen LogP contribution in [0.1, 0.15) is 29.8 Å². The summed E-state index contributed by atoms with van der Waals surface area (Å²) in [5.74, 6) is 1.03. The molecule has 0 spiro atoms. The quantitative estimate of drug-likeness (QED) is 0.812. The molecule has 94 valence electrons. The second-order valence-electron chi connectivity index (χ2n) is 4.90. The van der Waals surface area contributed by atoms with Gasteiger partial charge in [0.15, 0.2) is 5.76 Å². The molecule has 1 saturated carbocycles. The van der Waals surface area contributed by atoms with Crippen molar-refractivity contribution in [1.29, 1.82) is 0 Å². The van der Waals surface area contributed by atoms with Gasteiger partial charge in [-0.2, -0.15) is 0 Å². The molecule has 1 heterocycles. The second kappa shape index (κ2) is 4.37. The van der Waals surface area contributed by atoms with Crippen LogP contribution in [0.3, 0.4) is 0 Å². The van der Waals surface area contributed by atoms with E-state index in [1.807, 2.05) is 0 Å². The molecule has 1 aromatic carbocycles. The molecule has 0 atom stereocenters. The Morgan fingerprint density at radius 3 is 3.00 bits per heavy atom. The van der Waals surface area contributed by atoms with Crippen molar-refractivity contribution < 1.29 is 9.21 Å². The first-order chi connectivity index (χ1) is 8.72. The first-order valence-electron chi connectivity index (χ1n) is 6.29. The minimum Gasteiger partial charge on any atom is -0.451 e. The van der Waals surface area contributed by atoms with Crippen LogP contribution in [0.4, 0.5) is 5.69 Å². The summed E-state index contributed by atoms with van der Waals surface area (Å²) < 4.78 is 5.49. The van der Waals surface area contributed by atoms with E-state index in [9.17, 15) is 4.79 Å². The van der Waals surface area contributed by atoms with E-state index in [1.165, 1.54) is 12.8 Å². The summed E-state index contributed by atoms with van der Waals surface area (Å²) >= 11 is 0. The first-order valence-corrected chi connectivity index (χ1v) is 6.29. The highest BCUT2D eigenvalue weighted by Gasteiger charge is 2.21. The third-order valence-electron chi connectivity index (χ3n) is 3.30. The number of nitrogen functional groups attached to an aromatic ring is 1. The van der Waals surface area contributed by atoms with Crippen LogP contribution in [0.2, 0.25) is 0 Å². The number of hydrogen-bond acceptors (Lipinski definition) is 3. The number of nitrogens with two attached hydrogens (primary N) is 1. The SMILES string of the molecule is Nc1ccc2oc(C(=O)NCCC3CC3)cc2c1. The molecule has 4 heteroatoms. The van der Waals surface area contributed by atoms with E-state index in [1.54, 1.807) is 24.3 Å². The zero-order valence-corrected chi connectivity index (χ0v) is 10.1. The Morgan fingerprint density at radius 2 is 2.22 bits per heavy atom. The smallest absolute Gasteiger partial charge is 0.287 e. The van der Waals surface area contributed by atoms with E-state index in [2.05, 4.69) is 5.32 Å². The molecule has 1 fully saturated rings. The minimum atomic E-state index is -0.148. The third kappa shape index (κ3) is 2.32. The summed E-state index contributed by atoms with van der Waals surface area (Å²) in [6.45, 7) is 0.725. The number of furan rings is 1. The molecule has 0 bridgehead atoms. The van der Waals surface area contributed by atoms with Gasteiger partial charge in [0.25, 0.3) is 5.91 Å². The zero-order chi connectivity index (χ0) is 12.5. The van der Waals surface area contributed by atoms with Gasteiger partial charge in [0.05, 0.1) is 0 Å². The molecule has 3 N–H and O–H groups in total. The van der Waals surface area contributed by atoms with Crippen LogP contribution in [0.15, 0.2) is 28.7 Å². The molecule has 0 aliphatic heterocycles. The molecule has 3 rings (SSSR count). The average molecular weight is 244 g/mol. The highest BCUT2D eigenvalue weighted by molar-refractivity contribution is 5.96. The summed E-state index contributed by atoms with van der Waals surface area (Å²) in [5, 5.41) is 3.75. The van der Waals surface area contributed by atoms with Gasteiger partial charge in [-0.15, -0.1) is 0 Å². The molecule has 0 unspecified atom stereocenters. The van der Waals surface area contributed by atoms with Gasteiger partial charge in [-0.3, -0.25) is 4.79 Å². The Labute approximate surface area is 105 Å². The number of carbonyl (C=O) groups is 1. The van der Waals surface area contributed by atoms with Gasteiger partial charge in [0.2, 0.25) is 0 Å². The van der Waals surface area contributed by atoms with E-state index < -0.39 is 0 Å². The van der Waals surface area contributed by atoms with Crippen LogP contribution in [0, 0.1) is 5.92 Å². The Bertz CT molecular complexity index is 584. The standard InChI is InChI=1S/C14H16N2O2/c15-11-3-4-12-10(7-11)8-13(18-12)14(17)16-6-5-9-1-2-9/h3-4,7-9H,1-2,5-6,15H2,(H,16,17). The van der Waals surface area contributed by atoms with Crippen LogP contribution in [-0.2, 0) is 0 Å². The molecule has 1 aromatic heterocycles. The lowest BCUT2D eigenvalue weighted by atomic mass is 10.2. The summed E-state index contributed by atoms with van der Waals surface area (Å²) in [4.78, 5) is 11.9. The van der Waals surface area contributed by atoms with Crippen molar-refractivity contribution >= 4 is 22.6 Å². The monoisotopic (exact) mass is 244 g/mol. The summed E-state index contributed by atoms with van der Waals surface area (Å²) in [6, 6.07) is 7.09. The third-order valence-corrected chi connectivity index (χ3v) is 3.30. The molecule has 2 aromatic rings. The first kappa shape index (κ1) is 11.1. The maximum Gasteiger partial charge on any atom is 0.287 e. The maximum absolute atomic E-state index is 11.9. The number of rotatable bonds is 4. The van der Waals surface area contributed by atoms with Crippen LogP contribution < -0.4 is 11.1 Å². The van der Waals surface area contributed by atoms with Gasteiger partial charge in [0, 0.05) is 17.6 Å². The van der Waals surface area contributed by atoms with E-state index in [0.717, 1.165) is 24.3 Å². The van der Waals surface area contributed by atoms with Gasteiger partial charge in [-0.05, 0) is 36.6 Å². The fourth-order valence-corrected chi connectivity index (χ4v) is 2.06. The molecule has 1 aliphatic rings. The average Bonchev–Trinajstić information content (AvgIpc) is 3.06. The van der Waals surface area contributed by atoms with Crippen LogP contribution >= 0.6 is 0 Å². The normalized spacial score (nSPS) is 14.9. The van der Waals surface area contributed by atoms with Crippen molar-refractivity contribution in [3.8, 4) is 0 Å². The van der Waals surface area contributed by atoms with Crippen molar-refractivity contribution in [1.82, 2.24) is 5.32 Å². The summed E-state index contributed by atoms with van der Waals surface area (Å²) in [6.07, 6.45) is 3.68. The van der Waals surface area contributed by atoms with Crippen molar-refractivity contribution in [2.45, 2.75) is 19.3 Å². The Kier molecular flexibility index (Phi) is 2.70. The molecule has 1 aliphatic carbocycles. The predicted molar refractivity (Wildman–Crippen MR) is 70.3 cm³/mol. The summed E-state index contributed by atoms with van der Waals surface area (Å²) in [7, 11) is 0. The van der Waals surface area contributed by atoms with Crippen molar-refractivity contribution in [3.05, 3.63) is 30.0 Å². The molecule has 0 saturated heterocycles. The van der Waals surface area contributed by atoms with Gasteiger partial charge < -0.3 is 15.5 Å². The number of carbonyl (C=O) groups excluding carboxylic acids is 1. The Balaban J connectivity index is 1.70. The predicted octanol–water partition coefficient (Wildman–Crippen LogP) is 2.54. The van der Waals surface area contributed by atoms with Crippen LogP contribution in [0.5, 0.6) is 0 Å². The zero-order valence-electron chi connectivity index (χ0n) is 10.1. The maximum atomic E-state index is 11.9. The van der Waals surface area contributed by atoms with E-state index in [4.69, 9.17) is 10.2 Å². The fourth-order valence-electron chi connectivity index (χ4n) is 2.06. The van der Waals surface area contributed by atoms with Gasteiger partial charge in [0.1, 0.15) is 5.58 Å². The number of fused-ring (bicyclic) bond motifs is 1. The molecule has 18 heavy (non-hydrogen) atoms. The Morgan fingerprint density at radius 1 is 1.39 bits per heavy atom. The number of hydrogen-bond donors (Lipinski definition) is 2. The molecule has 1 amide bonds. The van der Waals surface area contributed by atoms with Gasteiger partial charge in [-0.25, -0.2) is 0 Å². The largest absolute Gasteiger partial charge is 0.451 e. The fraction of sp³-hybridized carbons (Fsp3) is 0.357. The van der Waals surface area contributed by atoms with Crippen molar-refractivity contribution in [3.63, 3.8) is 0 Å². The lowest BCUT2D eigenvalue weighted by Crippen LogP contribution is -2.24. The number of nitrogens with one attached hydrogen (secondary N) is 1. The lowest BCUT2D eigenvalue weighted by Gasteiger charge is -2.00. The second-order valence-corrected chi connectivity index (χ2v) is 4.90. The lowest BCUT2D eigenvalue weighted by molar-refractivity contribution is 0.0927. The van der Waals surface area contributed by atoms with Gasteiger partial charge in [-0.1, -0.05) is 12.8 Å². The molecule has 4 nitrogen and oxygen atoms in total. The minimum absolute atomic E-state index is 0.148. The Hall–Kier alpha value is -1.97. The number of amides is 1. The number of benzene rings is 1. The highest BCUT2D eigenvalue weighted by Crippen LogP contribution is 2.31. The van der Waals surface area contributed by atoms with E-state index >= 15 is 0 Å². The van der Waals surface area contributed by atoms with Gasteiger partial charge >= 0.3 is 0 Å². The van der Waals surface area contributed by atoms with Crippen LogP contribution in [-0.4, -0.2) is 12.5 Å².